The van der Waals surface area contributed by atoms with E-state index in [2.05, 4.69) is 25.8 Å². The lowest BCUT2D eigenvalue weighted by atomic mass is 10.1. The Hall–Kier alpha value is -2.65. The molecule has 2 aromatic rings. The number of fused-ring (bicyclic) bond motifs is 1. The van der Waals surface area contributed by atoms with Crippen molar-refractivity contribution in [3.8, 4) is 0 Å². The third-order valence-electron chi connectivity index (χ3n) is 4.23. The number of nitrogens with one attached hydrogen (secondary N) is 2. The van der Waals surface area contributed by atoms with Gasteiger partial charge in [-0.2, -0.15) is 13.2 Å². The van der Waals surface area contributed by atoms with Crippen molar-refractivity contribution in [3.05, 3.63) is 46.8 Å². The Bertz CT molecular complexity index is 827. The van der Waals surface area contributed by atoms with Crippen molar-refractivity contribution < 1.29 is 17.6 Å². The third-order valence-corrected chi connectivity index (χ3v) is 4.23. The summed E-state index contributed by atoms with van der Waals surface area (Å²) < 4.78 is 54.5. The van der Waals surface area contributed by atoms with E-state index in [1.165, 1.54) is 0 Å². The molecule has 0 saturated heterocycles. The summed E-state index contributed by atoms with van der Waals surface area (Å²) in [5.74, 6) is 1.12. The van der Waals surface area contributed by atoms with Gasteiger partial charge in [0.15, 0.2) is 11.8 Å². The topological polar surface area (TPSA) is 67.1 Å². The molecule has 0 amide bonds. The molecular formula is C17H20F4N6. The smallest absolute Gasteiger partial charge is 0.357 e. The zero-order valence-electron chi connectivity index (χ0n) is 14.8. The molecule has 2 N–H and O–H groups in total. The summed E-state index contributed by atoms with van der Waals surface area (Å²) in [5, 5.41) is 14.3. The molecule has 0 saturated carbocycles. The highest BCUT2D eigenvalue weighted by atomic mass is 19.4. The van der Waals surface area contributed by atoms with Crippen LogP contribution in [0.3, 0.4) is 0 Å². The second-order valence-electron chi connectivity index (χ2n) is 6.14. The number of halogens is 4. The Kier molecular flexibility index (Phi) is 5.62. The Morgan fingerprint density at radius 2 is 2.07 bits per heavy atom. The summed E-state index contributed by atoms with van der Waals surface area (Å²) in [7, 11) is 0. The molecule has 0 radical (unpaired) electrons. The van der Waals surface area contributed by atoms with Crippen molar-refractivity contribution in [1.82, 2.24) is 25.4 Å². The molecule has 0 bridgehead atoms. The first kappa shape index (κ1) is 19.1. The van der Waals surface area contributed by atoms with Crippen molar-refractivity contribution in [2.75, 3.05) is 6.54 Å². The summed E-state index contributed by atoms with van der Waals surface area (Å²) in [4.78, 5) is 4.20. The van der Waals surface area contributed by atoms with Crippen LogP contribution in [0.5, 0.6) is 0 Å². The molecule has 1 aromatic carbocycles. The van der Waals surface area contributed by atoms with Crippen LogP contribution >= 0.6 is 0 Å². The highest BCUT2D eigenvalue weighted by Gasteiger charge is 2.33. The largest absolute Gasteiger partial charge is 0.416 e. The Morgan fingerprint density at radius 1 is 1.26 bits per heavy atom. The van der Waals surface area contributed by atoms with Crippen LogP contribution in [0.1, 0.15) is 36.1 Å². The zero-order valence-corrected chi connectivity index (χ0v) is 14.8. The van der Waals surface area contributed by atoms with E-state index in [9.17, 15) is 17.6 Å². The summed E-state index contributed by atoms with van der Waals surface area (Å²) in [6, 6.07) is 2.60. The van der Waals surface area contributed by atoms with Crippen LogP contribution in [-0.2, 0) is 32.2 Å². The number of aromatic nitrogens is 3. The number of aryl methyl sites for hydroxylation is 1. The van der Waals surface area contributed by atoms with Gasteiger partial charge in [-0.1, -0.05) is 6.07 Å². The number of aliphatic imine (C=N–C) groups is 1. The molecule has 1 aliphatic heterocycles. The highest BCUT2D eigenvalue weighted by molar-refractivity contribution is 5.79. The van der Waals surface area contributed by atoms with Crippen LogP contribution in [0.2, 0.25) is 0 Å². The fraction of sp³-hybridized carbons (Fsp3) is 0.471. The summed E-state index contributed by atoms with van der Waals surface area (Å²) >= 11 is 0. The molecule has 2 heterocycles. The molecule has 146 valence electrons. The van der Waals surface area contributed by atoms with Gasteiger partial charge in [-0.25, -0.2) is 9.38 Å². The van der Waals surface area contributed by atoms with Crippen LogP contribution in [-0.4, -0.2) is 27.3 Å². The van der Waals surface area contributed by atoms with Gasteiger partial charge >= 0.3 is 6.18 Å². The molecule has 27 heavy (non-hydrogen) atoms. The molecule has 10 heteroatoms. The molecule has 3 rings (SSSR count). The Morgan fingerprint density at radius 3 is 2.81 bits per heavy atom. The van der Waals surface area contributed by atoms with Gasteiger partial charge < -0.3 is 15.2 Å². The standard InChI is InChI=1S/C17H20F4N6/c1-2-22-16(24-10-15-26-25-14-4-3-7-27(14)15)23-9-11-5-6-12(18)8-13(11)17(19,20)21/h5-6,8H,2-4,7,9-10H2,1H3,(H2,22,23,24). The van der Waals surface area contributed by atoms with Crippen molar-refractivity contribution in [1.29, 1.82) is 0 Å². The molecular weight excluding hydrogens is 364 g/mol. The van der Waals surface area contributed by atoms with Crippen molar-refractivity contribution in [3.63, 3.8) is 0 Å². The molecule has 0 aliphatic carbocycles. The van der Waals surface area contributed by atoms with Gasteiger partial charge in [0.2, 0.25) is 0 Å². The summed E-state index contributed by atoms with van der Waals surface area (Å²) in [6.45, 7) is 3.37. The van der Waals surface area contributed by atoms with Gasteiger partial charge in [-0.3, -0.25) is 0 Å². The van der Waals surface area contributed by atoms with E-state index < -0.39 is 17.6 Å². The number of guanidine groups is 1. The van der Waals surface area contributed by atoms with E-state index in [0.29, 0.717) is 25.1 Å². The van der Waals surface area contributed by atoms with Crippen LogP contribution < -0.4 is 10.6 Å². The van der Waals surface area contributed by atoms with Crippen molar-refractivity contribution in [2.24, 2.45) is 4.99 Å². The number of alkyl halides is 3. The molecule has 0 unspecified atom stereocenters. The van der Waals surface area contributed by atoms with E-state index in [-0.39, 0.29) is 12.1 Å². The first-order valence-electron chi connectivity index (χ1n) is 8.67. The van der Waals surface area contributed by atoms with Gasteiger partial charge in [-0.15, -0.1) is 10.2 Å². The zero-order chi connectivity index (χ0) is 19.4. The second kappa shape index (κ2) is 7.93. The average molecular weight is 384 g/mol. The molecule has 0 fully saturated rings. The maximum Gasteiger partial charge on any atom is 0.416 e. The fourth-order valence-corrected chi connectivity index (χ4v) is 2.96. The normalized spacial score (nSPS) is 14.3. The number of hydrogen-bond donors (Lipinski definition) is 2. The van der Waals surface area contributed by atoms with Crippen molar-refractivity contribution in [2.45, 2.75) is 45.6 Å². The van der Waals surface area contributed by atoms with Crippen LogP contribution in [0.25, 0.3) is 0 Å². The van der Waals surface area contributed by atoms with E-state index in [1.807, 2.05) is 11.5 Å². The SMILES string of the molecule is CCNC(=NCc1ccc(F)cc1C(F)(F)F)NCc1nnc2n1CCC2. The van der Waals surface area contributed by atoms with E-state index >= 15 is 0 Å². The first-order chi connectivity index (χ1) is 12.9. The molecule has 1 aliphatic rings. The van der Waals surface area contributed by atoms with Gasteiger partial charge in [0.25, 0.3) is 0 Å². The fourth-order valence-electron chi connectivity index (χ4n) is 2.96. The van der Waals surface area contributed by atoms with E-state index in [0.717, 1.165) is 43.2 Å². The highest BCUT2D eigenvalue weighted by Crippen LogP contribution is 2.32. The van der Waals surface area contributed by atoms with Gasteiger partial charge in [-0.05, 0) is 31.0 Å². The Labute approximate surface area is 153 Å². The lowest BCUT2D eigenvalue weighted by molar-refractivity contribution is -0.138. The molecule has 1 aromatic heterocycles. The summed E-state index contributed by atoms with van der Waals surface area (Å²) in [6.07, 6.45) is -2.72. The van der Waals surface area contributed by atoms with Crippen LogP contribution in [0.15, 0.2) is 23.2 Å². The predicted octanol–water partition coefficient (Wildman–Crippen LogP) is 2.64. The number of benzene rings is 1. The van der Waals surface area contributed by atoms with Gasteiger partial charge in [0, 0.05) is 19.5 Å². The quantitative estimate of drug-likeness (QED) is 0.473. The average Bonchev–Trinajstić information content (AvgIpc) is 3.21. The second-order valence-corrected chi connectivity index (χ2v) is 6.14. The maximum absolute atomic E-state index is 13.2. The van der Waals surface area contributed by atoms with Crippen LogP contribution in [0.4, 0.5) is 17.6 Å². The minimum atomic E-state index is -4.64. The lowest BCUT2D eigenvalue weighted by Gasteiger charge is -2.14. The molecule has 6 nitrogen and oxygen atoms in total. The number of nitrogens with zero attached hydrogens (tertiary/aromatic N) is 4. The predicted molar refractivity (Wildman–Crippen MR) is 91.4 cm³/mol. The van der Waals surface area contributed by atoms with Crippen molar-refractivity contribution >= 4 is 5.96 Å². The minimum Gasteiger partial charge on any atom is -0.357 e. The molecule has 0 atom stereocenters. The maximum atomic E-state index is 13.2. The monoisotopic (exact) mass is 384 g/mol. The van der Waals surface area contributed by atoms with E-state index in [1.54, 1.807) is 0 Å². The Balaban J connectivity index is 1.72. The van der Waals surface area contributed by atoms with E-state index in [4.69, 9.17) is 0 Å². The first-order valence-corrected chi connectivity index (χ1v) is 8.67. The third kappa shape index (κ3) is 4.55. The number of hydrogen-bond acceptors (Lipinski definition) is 3. The minimum absolute atomic E-state index is 0.0931. The van der Waals surface area contributed by atoms with Gasteiger partial charge in [0.1, 0.15) is 11.6 Å². The van der Waals surface area contributed by atoms with Gasteiger partial charge in [0.05, 0.1) is 18.7 Å². The lowest BCUT2D eigenvalue weighted by Crippen LogP contribution is -2.37. The molecule has 0 spiro atoms. The van der Waals surface area contributed by atoms with Crippen LogP contribution in [0, 0.1) is 5.82 Å². The number of rotatable bonds is 5. The summed E-state index contributed by atoms with van der Waals surface area (Å²) in [5.41, 5.74) is -1.11.